The van der Waals surface area contributed by atoms with Crippen molar-refractivity contribution in [3.63, 3.8) is 0 Å². The SMILES string of the molecule is N#[C][Pt][C]#N.[C-]#[N+]C1CCCCC1.[C-]#[N+]C1CCCCC1. The number of nitrogens with zero attached hydrogens (tertiary/aromatic N) is 4. The second kappa shape index (κ2) is 15.0. The third kappa shape index (κ3) is 12.1. The Hall–Kier alpha value is -1.35. The van der Waals surface area contributed by atoms with E-state index in [1.165, 1.54) is 38.5 Å². The van der Waals surface area contributed by atoms with Gasteiger partial charge in [0.25, 0.3) is 0 Å². The van der Waals surface area contributed by atoms with Gasteiger partial charge in [-0.25, -0.2) is 13.1 Å². The van der Waals surface area contributed by atoms with Crippen LogP contribution >= 0.6 is 0 Å². The molecule has 0 N–H and O–H groups in total. The van der Waals surface area contributed by atoms with Crippen LogP contribution in [0.25, 0.3) is 9.69 Å². The molecule has 5 heteroatoms. The predicted octanol–water partition coefficient (Wildman–Crippen LogP) is 4.51. The van der Waals surface area contributed by atoms with Gasteiger partial charge in [-0.1, -0.05) is 12.8 Å². The molecule has 0 aromatic carbocycles. The van der Waals surface area contributed by atoms with Gasteiger partial charge in [0.2, 0.25) is 12.1 Å². The molecular weight excluding hydrogens is 443 g/mol. The first kappa shape index (κ1) is 19.6. The molecule has 2 aliphatic rings. The quantitative estimate of drug-likeness (QED) is 0.495. The summed E-state index contributed by atoms with van der Waals surface area (Å²) in [5, 5.41) is 15.3. The molecule has 0 aromatic heterocycles. The van der Waals surface area contributed by atoms with Crippen LogP contribution in [0.3, 0.4) is 0 Å². The van der Waals surface area contributed by atoms with Crippen molar-refractivity contribution < 1.29 is 18.6 Å². The Kier molecular flexibility index (Phi) is 14.1. The molecule has 0 aromatic rings. The third-order valence-corrected chi connectivity index (χ3v) is 4.09. The molecule has 2 aliphatic carbocycles. The van der Waals surface area contributed by atoms with Gasteiger partial charge in [0.1, 0.15) is 0 Å². The van der Waals surface area contributed by atoms with Gasteiger partial charge in [-0.3, -0.25) is 0 Å². The molecule has 0 aliphatic heterocycles. The Morgan fingerprint density at radius 2 is 1.05 bits per heavy atom. The summed E-state index contributed by atoms with van der Waals surface area (Å²) in [6.45, 7) is 13.4. The van der Waals surface area contributed by atoms with Crippen LogP contribution in [-0.2, 0) is 18.6 Å². The Morgan fingerprint density at radius 1 is 0.714 bits per heavy atom. The van der Waals surface area contributed by atoms with Gasteiger partial charge in [-0.05, 0) is 25.7 Å². The van der Waals surface area contributed by atoms with E-state index in [2.05, 4.69) is 9.69 Å². The van der Waals surface area contributed by atoms with E-state index in [1.54, 1.807) is 8.92 Å². The average molecular weight is 465 g/mol. The number of hydrogen-bond donors (Lipinski definition) is 0. The second-order valence-corrected chi connectivity index (χ2v) is 6.65. The molecule has 2 saturated carbocycles. The van der Waals surface area contributed by atoms with Crippen molar-refractivity contribution in [2.45, 2.75) is 76.3 Å². The van der Waals surface area contributed by atoms with Crippen molar-refractivity contribution in [2.24, 2.45) is 0 Å². The minimum Gasteiger partial charge on any atom is -0.314 e. The van der Waals surface area contributed by atoms with Crippen molar-refractivity contribution >= 4 is 0 Å². The maximum atomic E-state index is 7.64. The topological polar surface area (TPSA) is 56.3 Å². The van der Waals surface area contributed by atoms with Gasteiger partial charge in [0.05, 0.1) is 0 Å². The monoisotopic (exact) mass is 465 g/mol. The van der Waals surface area contributed by atoms with Crippen LogP contribution in [0.1, 0.15) is 64.2 Å². The Morgan fingerprint density at radius 3 is 1.19 bits per heavy atom. The Balaban J connectivity index is 0.000000296. The summed E-state index contributed by atoms with van der Waals surface area (Å²) in [6, 6.07) is 0.757. The fourth-order valence-electron chi connectivity index (χ4n) is 2.44. The summed E-state index contributed by atoms with van der Waals surface area (Å²) in [6.07, 6.45) is 12.5. The molecule has 0 radical (unpaired) electrons. The third-order valence-electron chi connectivity index (χ3n) is 3.59. The smallest absolute Gasteiger partial charge is 0.223 e. The molecule has 2 rings (SSSR count). The first-order valence-electron chi connectivity index (χ1n) is 7.36. The summed E-state index contributed by atoms with van der Waals surface area (Å²) in [7, 11) is 0. The summed E-state index contributed by atoms with van der Waals surface area (Å²) in [5.41, 5.74) is 0. The minimum atomic E-state index is -0.765. The summed E-state index contributed by atoms with van der Waals surface area (Å²) in [4.78, 5) is 7.00. The summed E-state index contributed by atoms with van der Waals surface area (Å²) >= 11 is -0.765. The minimum absolute atomic E-state index is 0.378. The maximum Gasteiger partial charge on any atom is 0.223 e. The van der Waals surface area contributed by atoms with Gasteiger partial charge in [-0.2, -0.15) is 0 Å². The van der Waals surface area contributed by atoms with E-state index in [1.807, 2.05) is 0 Å². The molecule has 0 amide bonds. The second-order valence-electron chi connectivity index (χ2n) is 5.06. The van der Waals surface area contributed by atoms with E-state index < -0.39 is 18.6 Å². The van der Waals surface area contributed by atoms with Gasteiger partial charge in [0.15, 0.2) is 0 Å². The zero-order valence-electron chi connectivity index (χ0n) is 12.3. The van der Waals surface area contributed by atoms with Crippen LogP contribution in [0, 0.1) is 32.6 Å². The fraction of sp³-hybridized carbons (Fsp3) is 0.750. The molecule has 0 saturated heterocycles. The van der Waals surface area contributed by atoms with E-state index in [9.17, 15) is 0 Å². The van der Waals surface area contributed by atoms with E-state index in [0.29, 0.717) is 12.1 Å². The fourth-order valence-corrected chi connectivity index (χ4v) is 2.55. The van der Waals surface area contributed by atoms with Crippen LogP contribution < -0.4 is 0 Å². The van der Waals surface area contributed by atoms with Crippen LogP contribution in [0.15, 0.2) is 0 Å². The molecule has 116 valence electrons. The Labute approximate surface area is 137 Å². The van der Waals surface area contributed by atoms with Crippen LogP contribution in [0.4, 0.5) is 0 Å². The van der Waals surface area contributed by atoms with Crippen LogP contribution in [0.5, 0.6) is 0 Å². The van der Waals surface area contributed by atoms with Gasteiger partial charge in [0, 0.05) is 25.7 Å². The van der Waals surface area contributed by atoms with Crippen LogP contribution in [-0.4, -0.2) is 12.1 Å². The van der Waals surface area contributed by atoms with Crippen molar-refractivity contribution in [3.8, 4) is 8.92 Å². The molecule has 0 spiro atoms. The number of nitriles is 2. The largest absolute Gasteiger partial charge is 0.314 e. The van der Waals surface area contributed by atoms with Gasteiger partial charge < -0.3 is 9.69 Å². The van der Waals surface area contributed by atoms with Gasteiger partial charge in [-0.15, -0.1) is 0 Å². The standard InChI is InChI=1S/2C7H11N.2CN.Pt/c2*1-8-7-5-3-2-4-6-7;2*1-2;/h2*7H,2-6H2;;;. The number of rotatable bonds is 0. The zero-order chi connectivity index (χ0) is 15.8. The zero-order valence-corrected chi connectivity index (χ0v) is 14.6. The number of hydrogen-bond acceptors (Lipinski definition) is 2. The Bertz CT molecular complexity index is 370. The normalized spacial score (nSPS) is 18.3. The molecular formula is C16H22N4Pt. The molecule has 4 nitrogen and oxygen atoms in total. The van der Waals surface area contributed by atoms with Crippen LogP contribution in [0.2, 0.25) is 0 Å². The van der Waals surface area contributed by atoms with E-state index >= 15 is 0 Å². The van der Waals surface area contributed by atoms with E-state index in [4.69, 9.17) is 23.7 Å². The molecule has 0 bridgehead atoms. The maximum absolute atomic E-state index is 7.64. The van der Waals surface area contributed by atoms with Crippen molar-refractivity contribution in [1.82, 2.24) is 0 Å². The molecule has 0 unspecified atom stereocenters. The summed E-state index contributed by atoms with van der Waals surface area (Å²) in [5.74, 6) is 0. The van der Waals surface area contributed by atoms with Crippen molar-refractivity contribution in [1.29, 1.82) is 10.5 Å². The van der Waals surface area contributed by atoms with Crippen molar-refractivity contribution in [2.75, 3.05) is 0 Å². The van der Waals surface area contributed by atoms with Gasteiger partial charge >= 0.3 is 38.0 Å². The van der Waals surface area contributed by atoms with E-state index in [0.717, 1.165) is 25.7 Å². The molecule has 21 heavy (non-hydrogen) atoms. The molecule has 0 atom stereocenters. The van der Waals surface area contributed by atoms with E-state index in [-0.39, 0.29) is 0 Å². The summed E-state index contributed by atoms with van der Waals surface area (Å²) < 4.78 is 3.53. The first-order chi connectivity index (χ1) is 10.3. The predicted molar refractivity (Wildman–Crippen MR) is 78.2 cm³/mol. The molecule has 2 fully saturated rings. The van der Waals surface area contributed by atoms with Crippen molar-refractivity contribution in [3.05, 3.63) is 22.8 Å². The molecule has 0 heterocycles. The first-order valence-corrected chi connectivity index (χ1v) is 9.63. The average Bonchev–Trinajstić information content (AvgIpc) is 2.58.